The van der Waals surface area contributed by atoms with Crippen molar-refractivity contribution in [2.24, 2.45) is 0 Å². The second kappa shape index (κ2) is 3.45. The summed E-state index contributed by atoms with van der Waals surface area (Å²) < 4.78 is 0. The van der Waals surface area contributed by atoms with E-state index in [0.717, 1.165) is 0 Å². The molecular weight excluding hydrogens is 120 g/mol. The van der Waals surface area contributed by atoms with Gasteiger partial charge >= 0.3 is 5.97 Å². The highest BCUT2D eigenvalue weighted by Gasteiger charge is 2.19. The second-order valence-electron chi connectivity index (χ2n) is 1.91. The highest BCUT2D eigenvalue weighted by Crippen LogP contribution is 2.07. The van der Waals surface area contributed by atoms with Gasteiger partial charge in [0, 0.05) is 0 Å². The van der Waals surface area contributed by atoms with E-state index < -0.39 is 12.1 Å². The lowest BCUT2D eigenvalue weighted by molar-refractivity contribution is -0.136. The summed E-state index contributed by atoms with van der Waals surface area (Å²) in [4.78, 5) is 10.1. The van der Waals surface area contributed by atoms with Crippen molar-refractivity contribution in [2.45, 2.75) is 26.4 Å². The van der Waals surface area contributed by atoms with Gasteiger partial charge in [-0.15, -0.1) is 0 Å². The van der Waals surface area contributed by atoms with Crippen LogP contribution in [-0.2, 0) is 4.79 Å². The maximum atomic E-state index is 10.1. The normalized spacial score (nSPS) is 13.8. The van der Waals surface area contributed by atoms with Crippen LogP contribution in [0.3, 0.4) is 0 Å². The Bertz CT molecular complexity index is 100. The Morgan fingerprint density at radius 3 is 2.22 bits per heavy atom. The number of aliphatic hydroxyl groups is 1. The minimum atomic E-state index is -1.02. The molecule has 9 heavy (non-hydrogen) atoms. The van der Waals surface area contributed by atoms with E-state index in [-0.39, 0.29) is 5.92 Å². The number of hydrogen-bond donors (Lipinski definition) is 2. The van der Waals surface area contributed by atoms with Crippen LogP contribution in [0, 0.1) is 5.92 Å². The van der Waals surface area contributed by atoms with E-state index in [4.69, 9.17) is 10.2 Å². The third kappa shape index (κ3) is 2.46. The van der Waals surface area contributed by atoms with Crippen molar-refractivity contribution in [1.29, 1.82) is 0 Å². The Kier molecular flexibility index (Phi) is 3.24. The van der Waals surface area contributed by atoms with Gasteiger partial charge in [0.25, 0.3) is 0 Å². The minimum absolute atomic E-state index is 0.109. The molecule has 0 aliphatic rings. The van der Waals surface area contributed by atoms with Crippen molar-refractivity contribution < 1.29 is 15.0 Å². The molecular formula is C6H11O3. The van der Waals surface area contributed by atoms with E-state index >= 15 is 0 Å². The maximum Gasteiger partial charge on any atom is 0.313 e. The lowest BCUT2D eigenvalue weighted by atomic mass is 10.0. The van der Waals surface area contributed by atoms with Crippen LogP contribution < -0.4 is 0 Å². The number of aliphatic carboxylic acids is 1. The van der Waals surface area contributed by atoms with Crippen molar-refractivity contribution >= 4 is 5.97 Å². The van der Waals surface area contributed by atoms with Gasteiger partial charge in [-0.2, -0.15) is 0 Å². The van der Waals surface area contributed by atoms with Gasteiger partial charge in [0.05, 0.1) is 6.10 Å². The quantitative estimate of drug-likeness (QED) is 0.584. The van der Waals surface area contributed by atoms with Crippen molar-refractivity contribution in [3.63, 3.8) is 0 Å². The van der Waals surface area contributed by atoms with Crippen LogP contribution >= 0.6 is 0 Å². The first kappa shape index (κ1) is 8.43. The van der Waals surface area contributed by atoms with Crippen molar-refractivity contribution in [2.75, 3.05) is 0 Å². The molecule has 0 aromatic rings. The molecule has 1 radical (unpaired) electrons. The third-order valence-electron chi connectivity index (χ3n) is 1.22. The molecule has 0 rings (SSSR count). The Morgan fingerprint density at radius 2 is 2.11 bits per heavy atom. The number of aliphatic hydroxyl groups excluding tert-OH is 1. The molecule has 1 unspecified atom stereocenters. The minimum Gasteiger partial charge on any atom is -0.481 e. The highest BCUT2D eigenvalue weighted by atomic mass is 16.4. The number of hydrogen-bond acceptors (Lipinski definition) is 2. The predicted molar refractivity (Wildman–Crippen MR) is 32.9 cm³/mol. The Labute approximate surface area is 54.3 Å². The smallest absolute Gasteiger partial charge is 0.313 e. The molecule has 2 N–H and O–H groups in total. The van der Waals surface area contributed by atoms with Gasteiger partial charge in [-0.25, -0.2) is 0 Å². The van der Waals surface area contributed by atoms with Crippen molar-refractivity contribution in [3.8, 4) is 0 Å². The number of carboxylic acids is 1. The van der Waals surface area contributed by atoms with Gasteiger partial charge in [0.2, 0.25) is 0 Å². The zero-order valence-corrected chi connectivity index (χ0v) is 5.59. The first-order valence-electron chi connectivity index (χ1n) is 2.84. The fraction of sp³-hybridized carbons (Fsp3) is 0.667. The SMILES string of the molecule is CCC(O)[C](C)C(=O)O. The predicted octanol–water partition coefficient (Wildman–Crippen LogP) is 0.436. The molecule has 1 atom stereocenters. The van der Waals surface area contributed by atoms with Crippen LogP contribution in [-0.4, -0.2) is 22.3 Å². The van der Waals surface area contributed by atoms with Gasteiger partial charge in [0.1, 0.15) is 5.92 Å². The molecule has 0 bridgehead atoms. The van der Waals surface area contributed by atoms with Gasteiger partial charge in [-0.05, 0) is 13.3 Å². The van der Waals surface area contributed by atoms with Gasteiger partial charge in [-0.1, -0.05) is 6.92 Å². The second-order valence-corrected chi connectivity index (χ2v) is 1.91. The summed E-state index contributed by atoms with van der Waals surface area (Å²) in [6.07, 6.45) is -0.333. The van der Waals surface area contributed by atoms with Crippen LogP contribution in [0.1, 0.15) is 20.3 Å². The van der Waals surface area contributed by atoms with Crippen LogP contribution in [0.5, 0.6) is 0 Å². The molecule has 0 amide bonds. The zero-order valence-electron chi connectivity index (χ0n) is 5.59. The van der Waals surface area contributed by atoms with Crippen molar-refractivity contribution in [3.05, 3.63) is 5.92 Å². The summed E-state index contributed by atoms with van der Waals surface area (Å²) in [5.41, 5.74) is 0. The van der Waals surface area contributed by atoms with Gasteiger partial charge in [0.15, 0.2) is 0 Å². The van der Waals surface area contributed by atoms with Crippen LogP contribution in [0.4, 0.5) is 0 Å². The molecule has 0 spiro atoms. The number of rotatable bonds is 3. The summed E-state index contributed by atoms with van der Waals surface area (Å²) in [6, 6.07) is 0. The summed E-state index contributed by atoms with van der Waals surface area (Å²) in [5, 5.41) is 17.2. The summed E-state index contributed by atoms with van der Waals surface area (Å²) in [5.74, 6) is -0.915. The molecule has 0 aliphatic carbocycles. The average molecular weight is 131 g/mol. The number of carbonyl (C=O) groups is 1. The largest absolute Gasteiger partial charge is 0.481 e. The van der Waals surface area contributed by atoms with E-state index in [0.29, 0.717) is 6.42 Å². The van der Waals surface area contributed by atoms with E-state index in [1.165, 1.54) is 6.92 Å². The molecule has 0 saturated heterocycles. The molecule has 0 heterocycles. The summed E-state index contributed by atoms with van der Waals surface area (Å²) in [7, 11) is 0. The van der Waals surface area contributed by atoms with E-state index in [1.54, 1.807) is 6.92 Å². The van der Waals surface area contributed by atoms with Crippen molar-refractivity contribution in [1.82, 2.24) is 0 Å². The Hall–Kier alpha value is -0.570. The summed E-state index contributed by atoms with van der Waals surface area (Å²) >= 11 is 0. The van der Waals surface area contributed by atoms with E-state index in [9.17, 15) is 4.79 Å². The van der Waals surface area contributed by atoms with E-state index in [2.05, 4.69) is 0 Å². The van der Waals surface area contributed by atoms with Crippen LogP contribution in [0.2, 0.25) is 0 Å². The summed E-state index contributed by atoms with van der Waals surface area (Å²) in [6.45, 7) is 3.15. The van der Waals surface area contributed by atoms with Crippen LogP contribution in [0.25, 0.3) is 0 Å². The Balaban J connectivity index is 3.72. The molecule has 0 saturated carbocycles. The maximum absolute atomic E-state index is 10.1. The molecule has 0 aromatic carbocycles. The highest BCUT2D eigenvalue weighted by molar-refractivity contribution is 5.82. The molecule has 0 aromatic heterocycles. The van der Waals surface area contributed by atoms with E-state index in [1.807, 2.05) is 0 Å². The average Bonchev–Trinajstić information content (AvgIpc) is 1.84. The lowest BCUT2D eigenvalue weighted by Gasteiger charge is -2.09. The molecule has 3 nitrogen and oxygen atoms in total. The monoisotopic (exact) mass is 131 g/mol. The first-order chi connectivity index (χ1) is 4.09. The van der Waals surface area contributed by atoms with Gasteiger partial charge < -0.3 is 10.2 Å². The first-order valence-corrected chi connectivity index (χ1v) is 2.84. The molecule has 0 aliphatic heterocycles. The standard InChI is InChI=1S/C6H11O3/c1-3-5(7)4(2)6(8)9/h5,7H,3H2,1-2H3,(H,8,9). The van der Waals surface area contributed by atoms with Gasteiger partial charge in [-0.3, -0.25) is 4.79 Å². The van der Waals surface area contributed by atoms with Crippen LogP contribution in [0.15, 0.2) is 0 Å². The molecule has 53 valence electrons. The lowest BCUT2D eigenvalue weighted by Crippen LogP contribution is -2.22. The topological polar surface area (TPSA) is 57.5 Å². The number of carboxylic acid groups (broad SMARTS) is 1. The third-order valence-corrected chi connectivity index (χ3v) is 1.22. The Morgan fingerprint density at radius 1 is 1.67 bits per heavy atom. The molecule has 0 fully saturated rings. The fourth-order valence-corrected chi connectivity index (χ4v) is 0.449. The fourth-order valence-electron chi connectivity index (χ4n) is 0.449. The zero-order chi connectivity index (χ0) is 7.44. The molecule has 3 heteroatoms.